The number of aliphatic hydroxyl groups excluding tert-OH is 1. The Bertz CT molecular complexity index is 603. The van der Waals surface area contributed by atoms with Crippen LogP contribution in [0.2, 0.25) is 10.0 Å². The van der Waals surface area contributed by atoms with Crippen molar-refractivity contribution in [1.29, 1.82) is 0 Å². The lowest BCUT2D eigenvalue weighted by Crippen LogP contribution is -2.41. The van der Waals surface area contributed by atoms with Crippen LogP contribution in [-0.4, -0.2) is 61.0 Å². The molecule has 0 saturated carbocycles. The number of quaternary nitrogens is 1. The first-order chi connectivity index (χ1) is 14.7. The number of unbranched alkanes of at least 4 members (excludes halogenated alkanes) is 7. The second kappa shape index (κ2) is 18.9. The standard InChI is InChI=1S/C15H34NOS.C8H6Cl2O3/c1-4-5-6-7-8-9-10-11-14-18-15-16(2,3)12-13-17;9-5-1-2-7(6(10)3-5)13-4-8(11)12/h17H,4-15H2,1-3H3;1-3H,4H2,(H,11,12)/q+1;/p-1. The van der Waals surface area contributed by atoms with Gasteiger partial charge in [0.15, 0.2) is 0 Å². The summed E-state index contributed by atoms with van der Waals surface area (Å²) in [4.78, 5) is 10.0. The molecule has 0 bridgehead atoms. The Labute approximate surface area is 202 Å². The van der Waals surface area contributed by atoms with Crippen LogP contribution in [0, 0.1) is 0 Å². The molecule has 0 saturated heterocycles. The van der Waals surface area contributed by atoms with E-state index < -0.39 is 12.6 Å². The van der Waals surface area contributed by atoms with E-state index in [-0.39, 0.29) is 10.8 Å². The van der Waals surface area contributed by atoms with Gasteiger partial charge in [0.1, 0.15) is 24.8 Å². The molecule has 31 heavy (non-hydrogen) atoms. The number of hydrogen-bond donors (Lipinski definition) is 1. The van der Waals surface area contributed by atoms with Gasteiger partial charge in [-0.15, -0.1) is 11.8 Å². The normalized spacial score (nSPS) is 11.0. The summed E-state index contributed by atoms with van der Waals surface area (Å²) in [6.07, 6.45) is 11.2. The smallest absolute Gasteiger partial charge is 0.138 e. The minimum absolute atomic E-state index is 0.272. The van der Waals surface area contributed by atoms with E-state index >= 15 is 0 Å². The molecule has 1 N–H and O–H groups in total. The molecular formula is C23H39Cl2NO4S. The molecule has 0 atom stereocenters. The highest BCUT2D eigenvalue weighted by Gasteiger charge is 2.13. The number of nitrogens with zero attached hydrogens (tertiary/aromatic N) is 1. The molecule has 0 aliphatic carbocycles. The molecule has 8 heteroatoms. The first kappa shape index (κ1) is 30.3. The fourth-order valence-corrected chi connectivity index (χ4v) is 4.34. The average molecular weight is 497 g/mol. The van der Waals surface area contributed by atoms with Gasteiger partial charge >= 0.3 is 0 Å². The molecule has 0 heterocycles. The van der Waals surface area contributed by atoms with Crippen LogP contribution < -0.4 is 9.84 Å². The predicted octanol–water partition coefficient (Wildman–Crippen LogP) is 5.01. The number of carboxylic acid groups (broad SMARTS) is 1. The van der Waals surface area contributed by atoms with Crippen LogP contribution in [0.15, 0.2) is 18.2 Å². The van der Waals surface area contributed by atoms with Gasteiger partial charge in [-0.25, -0.2) is 0 Å². The van der Waals surface area contributed by atoms with Crippen molar-refractivity contribution in [3.63, 3.8) is 0 Å². The van der Waals surface area contributed by atoms with E-state index in [2.05, 4.69) is 21.0 Å². The van der Waals surface area contributed by atoms with Crippen molar-refractivity contribution in [1.82, 2.24) is 0 Å². The zero-order chi connectivity index (χ0) is 23.5. The Balaban J connectivity index is 0.000000609. The molecule has 0 aromatic heterocycles. The van der Waals surface area contributed by atoms with Crippen LogP contribution in [0.25, 0.3) is 0 Å². The third kappa shape index (κ3) is 18.6. The van der Waals surface area contributed by atoms with Gasteiger partial charge in [-0.1, -0.05) is 75.1 Å². The lowest BCUT2D eigenvalue weighted by Gasteiger charge is -2.28. The highest BCUT2D eigenvalue weighted by atomic mass is 35.5. The highest BCUT2D eigenvalue weighted by Crippen LogP contribution is 2.27. The summed E-state index contributed by atoms with van der Waals surface area (Å²) in [5.41, 5.74) is 0. The van der Waals surface area contributed by atoms with E-state index in [0.29, 0.717) is 11.6 Å². The Morgan fingerprint density at radius 2 is 1.71 bits per heavy atom. The molecule has 0 spiro atoms. The van der Waals surface area contributed by atoms with Crippen molar-refractivity contribution in [2.45, 2.75) is 58.3 Å². The molecule has 5 nitrogen and oxygen atoms in total. The molecule has 0 amide bonds. The van der Waals surface area contributed by atoms with E-state index in [1.165, 1.54) is 69.3 Å². The third-order valence-electron chi connectivity index (χ3n) is 4.53. The second-order valence-electron chi connectivity index (χ2n) is 8.13. The summed E-state index contributed by atoms with van der Waals surface area (Å²) in [6, 6.07) is 4.51. The Hall–Kier alpha value is -0.660. The number of aliphatic carboxylic acids is 1. The summed E-state index contributed by atoms with van der Waals surface area (Å²) in [7, 11) is 4.38. The molecule has 0 radical (unpaired) electrons. The molecule has 1 rings (SSSR count). The first-order valence-electron chi connectivity index (χ1n) is 11.0. The molecule has 1 aromatic carbocycles. The lowest BCUT2D eigenvalue weighted by molar-refractivity contribution is -0.877. The number of carbonyl (C=O) groups excluding carboxylic acids is 1. The minimum atomic E-state index is -1.30. The maximum absolute atomic E-state index is 10.0. The lowest BCUT2D eigenvalue weighted by atomic mass is 10.1. The quantitative estimate of drug-likeness (QED) is 0.198. The van der Waals surface area contributed by atoms with Gasteiger partial charge in [0, 0.05) is 5.02 Å². The Kier molecular flexibility index (Phi) is 18.5. The molecular weight excluding hydrogens is 457 g/mol. The second-order valence-corrected chi connectivity index (χ2v) is 10.0. The average Bonchev–Trinajstić information content (AvgIpc) is 2.69. The maximum atomic E-state index is 10.0. The number of carbonyl (C=O) groups is 1. The molecule has 0 aliphatic rings. The van der Waals surface area contributed by atoms with Crippen LogP contribution >= 0.6 is 35.0 Å². The van der Waals surface area contributed by atoms with E-state index in [4.69, 9.17) is 33.0 Å². The topological polar surface area (TPSA) is 69.6 Å². The summed E-state index contributed by atoms with van der Waals surface area (Å²) in [6.45, 7) is 2.91. The van der Waals surface area contributed by atoms with E-state index in [1.54, 1.807) is 6.07 Å². The molecule has 0 unspecified atom stereocenters. The minimum Gasteiger partial charge on any atom is -0.546 e. The highest BCUT2D eigenvalue weighted by molar-refractivity contribution is 7.99. The van der Waals surface area contributed by atoms with Gasteiger partial charge < -0.3 is 24.2 Å². The zero-order valence-corrected chi connectivity index (χ0v) is 21.5. The Morgan fingerprint density at radius 1 is 1.10 bits per heavy atom. The van der Waals surface area contributed by atoms with Crippen molar-refractivity contribution in [2.24, 2.45) is 0 Å². The van der Waals surface area contributed by atoms with Gasteiger partial charge in [-0.3, -0.25) is 0 Å². The van der Waals surface area contributed by atoms with Crippen molar-refractivity contribution < 1.29 is 24.2 Å². The predicted molar refractivity (Wildman–Crippen MR) is 131 cm³/mol. The number of halogens is 2. The van der Waals surface area contributed by atoms with Crippen molar-refractivity contribution in [3.05, 3.63) is 28.2 Å². The van der Waals surface area contributed by atoms with Gasteiger partial charge in [-0.05, 0) is 30.4 Å². The number of likely N-dealkylation sites (N-methyl/N-ethyl adjacent to an activating group) is 1. The van der Waals surface area contributed by atoms with Crippen LogP contribution in [0.4, 0.5) is 0 Å². The first-order valence-corrected chi connectivity index (χ1v) is 12.9. The van der Waals surface area contributed by atoms with Crippen LogP contribution in [0.3, 0.4) is 0 Å². The monoisotopic (exact) mass is 495 g/mol. The number of aliphatic hydroxyl groups is 1. The van der Waals surface area contributed by atoms with Gasteiger partial charge in [0.2, 0.25) is 0 Å². The van der Waals surface area contributed by atoms with E-state index in [0.717, 1.165) is 16.9 Å². The van der Waals surface area contributed by atoms with Crippen LogP contribution in [-0.2, 0) is 4.79 Å². The number of thioether (sulfide) groups is 1. The van der Waals surface area contributed by atoms with E-state index in [1.807, 2.05) is 11.8 Å². The summed E-state index contributed by atoms with van der Waals surface area (Å²) in [5.74, 6) is 1.38. The number of hydrogen-bond acceptors (Lipinski definition) is 5. The third-order valence-corrected chi connectivity index (χ3v) is 6.52. The van der Waals surface area contributed by atoms with Gasteiger partial charge in [0.05, 0.1) is 31.7 Å². The SMILES string of the molecule is CCCCCCCCCCSC[N+](C)(C)CCO.O=C([O-])COc1ccc(Cl)cc1Cl. The maximum Gasteiger partial charge on any atom is 0.138 e. The largest absolute Gasteiger partial charge is 0.546 e. The van der Waals surface area contributed by atoms with Crippen LogP contribution in [0.1, 0.15) is 58.3 Å². The Morgan fingerprint density at radius 3 is 2.26 bits per heavy atom. The van der Waals surface area contributed by atoms with Crippen LogP contribution in [0.5, 0.6) is 5.75 Å². The zero-order valence-electron chi connectivity index (χ0n) is 19.2. The molecule has 0 aliphatic heterocycles. The number of carboxylic acids is 1. The fourth-order valence-electron chi connectivity index (χ4n) is 2.71. The molecule has 180 valence electrons. The van der Waals surface area contributed by atoms with Crippen molar-refractivity contribution >= 4 is 40.9 Å². The summed E-state index contributed by atoms with van der Waals surface area (Å²) < 4.78 is 5.73. The fraction of sp³-hybridized carbons (Fsp3) is 0.696. The number of rotatable bonds is 16. The molecule has 0 fully saturated rings. The van der Waals surface area contributed by atoms with Gasteiger partial charge in [0.25, 0.3) is 0 Å². The number of ether oxygens (including phenoxy) is 1. The number of benzene rings is 1. The summed E-state index contributed by atoms with van der Waals surface area (Å²) >= 11 is 13.3. The van der Waals surface area contributed by atoms with E-state index in [9.17, 15) is 9.90 Å². The van der Waals surface area contributed by atoms with Gasteiger partial charge in [-0.2, -0.15) is 0 Å². The van der Waals surface area contributed by atoms with Crippen molar-refractivity contribution in [3.8, 4) is 5.75 Å². The summed E-state index contributed by atoms with van der Waals surface area (Å²) in [5, 5.41) is 19.7. The molecule has 1 aromatic rings. The van der Waals surface area contributed by atoms with Crippen molar-refractivity contribution in [2.75, 3.05) is 45.5 Å².